The van der Waals surface area contributed by atoms with Crippen LogP contribution in [0.5, 0.6) is 0 Å². The van der Waals surface area contributed by atoms with Crippen molar-refractivity contribution in [3.8, 4) is 11.1 Å². The van der Waals surface area contributed by atoms with Crippen molar-refractivity contribution in [1.29, 1.82) is 0 Å². The molecular formula is C18H22O3. The Bertz CT molecular complexity index is 544. The first-order valence-corrected chi connectivity index (χ1v) is 7.25. The molecule has 0 aromatic heterocycles. The Labute approximate surface area is 125 Å². The van der Waals surface area contributed by atoms with Gasteiger partial charge in [-0.1, -0.05) is 48.5 Å². The van der Waals surface area contributed by atoms with Gasteiger partial charge in [-0.15, -0.1) is 0 Å². The third kappa shape index (κ3) is 4.67. The minimum Gasteiger partial charge on any atom is -0.393 e. The average molecular weight is 286 g/mol. The summed E-state index contributed by atoms with van der Waals surface area (Å²) >= 11 is 0. The summed E-state index contributed by atoms with van der Waals surface area (Å²) < 4.78 is 0. The van der Waals surface area contributed by atoms with Crippen LogP contribution >= 0.6 is 0 Å². The number of rotatable bonds is 6. The first-order chi connectivity index (χ1) is 10.1. The molecule has 2 atom stereocenters. The molecule has 0 heterocycles. The van der Waals surface area contributed by atoms with Gasteiger partial charge >= 0.3 is 0 Å². The molecule has 0 spiro atoms. The fourth-order valence-corrected chi connectivity index (χ4v) is 2.38. The van der Waals surface area contributed by atoms with Crippen molar-refractivity contribution < 1.29 is 15.3 Å². The quantitative estimate of drug-likeness (QED) is 0.629. The lowest BCUT2D eigenvalue weighted by atomic mass is 9.99. The van der Waals surface area contributed by atoms with Gasteiger partial charge in [-0.3, -0.25) is 5.26 Å². The van der Waals surface area contributed by atoms with Crippen molar-refractivity contribution in [3.63, 3.8) is 0 Å². The molecule has 2 rings (SSSR count). The van der Waals surface area contributed by atoms with Gasteiger partial charge in [0.15, 0.2) is 0 Å². The minimum absolute atomic E-state index is 0.199. The fourth-order valence-electron chi connectivity index (χ4n) is 2.38. The molecule has 0 amide bonds. The molecular weight excluding hydrogens is 264 g/mol. The summed E-state index contributed by atoms with van der Waals surface area (Å²) in [7, 11) is 0. The second-order valence-corrected chi connectivity index (χ2v) is 5.57. The molecule has 2 unspecified atom stereocenters. The SMILES string of the molecule is CC(O)Cc1ccc(-c2ccc(CC(C)OO)cc2)cc1. The summed E-state index contributed by atoms with van der Waals surface area (Å²) in [6, 6.07) is 16.5. The van der Waals surface area contributed by atoms with E-state index < -0.39 is 0 Å². The normalized spacial score (nSPS) is 13.9. The van der Waals surface area contributed by atoms with Crippen LogP contribution in [0.1, 0.15) is 25.0 Å². The maximum atomic E-state index is 9.39. The van der Waals surface area contributed by atoms with Gasteiger partial charge in [-0.25, -0.2) is 4.89 Å². The van der Waals surface area contributed by atoms with Gasteiger partial charge in [-0.05, 0) is 42.5 Å². The van der Waals surface area contributed by atoms with E-state index in [9.17, 15) is 5.11 Å². The third-order valence-electron chi connectivity index (χ3n) is 3.48. The molecule has 21 heavy (non-hydrogen) atoms. The van der Waals surface area contributed by atoms with E-state index >= 15 is 0 Å². The van der Waals surface area contributed by atoms with Gasteiger partial charge < -0.3 is 5.11 Å². The highest BCUT2D eigenvalue weighted by atomic mass is 17.1. The standard InChI is InChI=1S/C18H22O3/c1-13(19)11-15-3-7-17(8-4-15)18-9-5-16(6-10-18)12-14(2)21-20/h3-10,13-14,19-20H,11-12H2,1-2H3. The minimum atomic E-state index is -0.314. The van der Waals surface area contributed by atoms with Gasteiger partial charge in [0.05, 0.1) is 12.2 Å². The van der Waals surface area contributed by atoms with Gasteiger partial charge in [0, 0.05) is 6.42 Å². The average Bonchev–Trinajstić information content (AvgIpc) is 2.48. The zero-order chi connectivity index (χ0) is 15.2. The molecule has 0 radical (unpaired) electrons. The Balaban J connectivity index is 2.08. The Morgan fingerprint density at radius 3 is 1.62 bits per heavy atom. The summed E-state index contributed by atoms with van der Waals surface area (Å²) in [5.74, 6) is 0. The smallest absolute Gasteiger partial charge is 0.0939 e. The van der Waals surface area contributed by atoms with Gasteiger partial charge in [0.2, 0.25) is 0 Å². The van der Waals surface area contributed by atoms with Crippen molar-refractivity contribution in [2.45, 2.75) is 38.9 Å². The van der Waals surface area contributed by atoms with E-state index in [1.807, 2.05) is 6.92 Å². The van der Waals surface area contributed by atoms with Crippen LogP contribution in [0.2, 0.25) is 0 Å². The third-order valence-corrected chi connectivity index (χ3v) is 3.48. The Kier molecular flexibility index (Phi) is 5.51. The second kappa shape index (κ2) is 7.36. The number of aliphatic hydroxyl groups excluding tert-OH is 1. The summed E-state index contributed by atoms with van der Waals surface area (Å²) in [6.45, 7) is 3.62. The van der Waals surface area contributed by atoms with Crippen LogP contribution in [-0.2, 0) is 17.7 Å². The lowest BCUT2D eigenvalue weighted by Gasteiger charge is -2.09. The molecule has 0 saturated carbocycles. The van der Waals surface area contributed by atoms with E-state index in [0.717, 1.165) is 22.3 Å². The first-order valence-electron chi connectivity index (χ1n) is 7.25. The van der Waals surface area contributed by atoms with E-state index in [1.165, 1.54) is 0 Å². The van der Waals surface area contributed by atoms with E-state index in [2.05, 4.69) is 53.4 Å². The largest absolute Gasteiger partial charge is 0.393 e. The molecule has 0 saturated heterocycles. The zero-order valence-corrected chi connectivity index (χ0v) is 12.5. The molecule has 0 bridgehead atoms. The van der Waals surface area contributed by atoms with E-state index in [1.54, 1.807) is 6.92 Å². The Morgan fingerprint density at radius 2 is 1.24 bits per heavy atom. The number of hydrogen-bond donors (Lipinski definition) is 2. The Hall–Kier alpha value is -1.68. The highest BCUT2D eigenvalue weighted by molar-refractivity contribution is 5.64. The van der Waals surface area contributed by atoms with E-state index in [4.69, 9.17) is 5.26 Å². The second-order valence-electron chi connectivity index (χ2n) is 5.57. The molecule has 0 aliphatic carbocycles. The topological polar surface area (TPSA) is 49.7 Å². The number of hydrogen-bond acceptors (Lipinski definition) is 3. The molecule has 2 aromatic rings. The molecule has 2 aromatic carbocycles. The molecule has 3 heteroatoms. The van der Waals surface area contributed by atoms with Gasteiger partial charge in [0.1, 0.15) is 0 Å². The highest BCUT2D eigenvalue weighted by Gasteiger charge is 2.04. The van der Waals surface area contributed by atoms with E-state index in [-0.39, 0.29) is 12.2 Å². The maximum Gasteiger partial charge on any atom is 0.0939 e. The number of benzene rings is 2. The predicted octanol–water partition coefficient (Wildman–Crippen LogP) is 3.70. The highest BCUT2D eigenvalue weighted by Crippen LogP contribution is 2.21. The van der Waals surface area contributed by atoms with Crippen LogP contribution in [-0.4, -0.2) is 22.6 Å². The molecule has 0 aliphatic rings. The first kappa shape index (κ1) is 15.7. The molecule has 0 fully saturated rings. The van der Waals surface area contributed by atoms with Crippen molar-refractivity contribution in [1.82, 2.24) is 0 Å². The summed E-state index contributed by atoms with van der Waals surface area (Å²) in [5.41, 5.74) is 4.58. The molecule has 3 nitrogen and oxygen atoms in total. The lowest BCUT2D eigenvalue weighted by Crippen LogP contribution is -2.08. The fraction of sp³-hybridized carbons (Fsp3) is 0.333. The summed E-state index contributed by atoms with van der Waals surface area (Å²) in [6.07, 6.45) is 0.851. The van der Waals surface area contributed by atoms with Crippen molar-refractivity contribution >= 4 is 0 Å². The monoisotopic (exact) mass is 286 g/mol. The van der Waals surface area contributed by atoms with Crippen LogP contribution in [0.4, 0.5) is 0 Å². The van der Waals surface area contributed by atoms with Crippen LogP contribution in [0.25, 0.3) is 11.1 Å². The van der Waals surface area contributed by atoms with Gasteiger partial charge in [0.25, 0.3) is 0 Å². The van der Waals surface area contributed by atoms with Crippen LogP contribution in [0, 0.1) is 0 Å². The van der Waals surface area contributed by atoms with Crippen LogP contribution in [0.3, 0.4) is 0 Å². The number of aliphatic hydroxyl groups is 1. The van der Waals surface area contributed by atoms with Crippen LogP contribution in [0.15, 0.2) is 48.5 Å². The predicted molar refractivity (Wildman–Crippen MR) is 84.1 cm³/mol. The van der Waals surface area contributed by atoms with Crippen LogP contribution < -0.4 is 0 Å². The van der Waals surface area contributed by atoms with Gasteiger partial charge in [-0.2, -0.15) is 0 Å². The van der Waals surface area contributed by atoms with Crippen molar-refractivity contribution in [3.05, 3.63) is 59.7 Å². The Morgan fingerprint density at radius 1 is 0.810 bits per heavy atom. The van der Waals surface area contributed by atoms with E-state index in [0.29, 0.717) is 12.8 Å². The summed E-state index contributed by atoms with van der Waals surface area (Å²) in [4.78, 5) is 4.29. The molecule has 0 aliphatic heterocycles. The van der Waals surface area contributed by atoms with Crippen molar-refractivity contribution in [2.24, 2.45) is 0 Å². The zero-order valence-electron chi connectivity index (χ0n) is 12.5. The molecule has 2 N–H and O–H groups in total. The maximum absolute atomic E-state index is 9.39. The van der Waals surface area contributed by atoms with Crippen molar-refractivity contribution in [2.75, 3.05) is 0 Å². The lowest BCUT2D eigenvalue weighted by molar-refractivity contribution is -0.273. The summed E-state index contributed by atoms with van der Waals surface area (Å²) in [5, 5.41) is 18.0. The molecule has 112 valence electrons.